The van der Waals surface area contributed by atoms with Crippen LogP contribution in [-0.2, 0) is 11.3 Å². The van der Waals surface area contributed by atoms with Crippen molar-refractivity contribution in [2.75, 3.05) is 18.0 Å². The van der Waals surface area contributed by atoms with E-state index in [1.165, 1.54) is 17.3 Å². The molecular weight excluding hydrogens is 428 g/mol. The number of hydrogen-bond acceptors (Lipinski definition) is 3. The fourth-order valence-electron chi connectivity index (χ4n) is 3.94. The van der Waals surface area contributed by atoms with E-state index in [4.69, 9.17) is 0 Å². The Balaban J connectivity index is 1.64. The molecule has 4 rings (SSSR count). The molecule has 3 aromatic carbocycles. The van der Waals surface area contributed by atoms with E-state index in [-0.39, 0.29) is 11.8 Å². The maximum absolute atomic E-state index is 13.5. The van der Waals surface area contributed by atoms with Crippen LogP contribution in [0.5, 0.6) is 0 Å². The van der Waals surface area contributed by atoms with Crippen molar-refractivity contribution < 1.29 is 9.59 Å². The molecule has 33 heavy (non-hydrogen) atoms. The van der Waals surface area contributed by atoms with Gasteiger partial charge in [-0.3, -0.25) is 9.59 Å². The predicted octanol–water partition coefficient (Wildman–Crippen LogP) is 6.16. The topological polar surface area (TPSA) is 40.6 Å². The van der Waals surface area contributed by atoms with Gasteiger partial charge in [0.1, 0.15) is 0 Å². The Labute approximate surface area is 199 Å². The van der Waals surface area contributed by atoms with Gasteiger partial charge in [0.25, 0.3) is 11.8 Å². The number of benzene rings is 3. The Bertz CT molecular complexity index is 1200. The lowest BCUT2D eigenvalue weighted by atomic mass is 10.1. The molecule has 0 N–H and O–H groups in total. The second-order valence-electron chi connectivity index (χ2n) is 8.00. The van der Waals surface area contributed by atoms with Gasteiger partial charge in [0.05, 0.1) is 17.1 Å². The van der Waals surface area contributed by atoms with Crippen LogP contribution in [0.3, 0.4) is 0 Å². The monoisotopic (exact) mass is 456 g/mol. The highest BCUT2D eigenvalue weighted by Crippen LogP contribution is 2.42. The van der Waals surface area contributed by atoms with Gasteiger partial charge >= 0.3 is 0 Å². The number of amides is 2. The standard InChI is InChI=1S/C28H28N2O2S/c1-4-29(5-2)27(31)22-16-14-21(15-17-22)18-26-28(32)30(19-23-11-7-6-10-20(23)3)24-12-8-9-13-25(24)33-26/h6-18H,4-5,19H2,1-3H3/b26-18+. The van der Waals surface area contributed by atoms with Gasteiger partial charge in [-0.2, -0.15) is 0 Å². The van der Waals surface area contributed by atoms with Crippen molar-refractivity contribution in [3.8, 4) is 0 Å². The highest BCUT2D eigenvalue weighted by Gasteiger charge is 2.29. The van der Waals surface area contributed by atoms with Gasteiger partial charge < -0.3 is 9.80 Å². The van der Waals surface area contributed by atoms with E-state index in [0.717, 1.165) is 21.7 Å². The van der Waals surface area contributed by atoms with Crippen LogP contribution in [0.4, 0.5) is 5.69 Å². The highest BCUT2D eigenvalue weighted by molar-refractivity contribution is 8.04. The van der Waals surface area contributed by atoms with Crippen LogP contribution >= 0.6 is 11.8 Å². The Hall–Kier alpha value is -3.31. The zero-order chi connectivity index (χ0) is 23.4. The molecule has 2 amide bonds. The van der Waals surface area contributed by atoms with Crippen LogP contribution in [-0.4, -0.2) is 29.8 Å². The maximum Gasteiger partial charge on any atom is 0.265 e. The Morgan fingerprint density at radius 1 is 0.939 bits per heavy atom. The van der Waals surface area contributed by atoms with E-state index in [1.807, 2.05) is 79.4 Å². The fourth-order valence-corrected chi connectivity index (χ4v) is 5.00. The summed E-state index contributed by atoms with van der Waals surface area (Å²) in [5.41, 5.74) is 4.80. The molecule has 5 heteroatoms. The summed E-state index contributed by atoms with van der Waals surface area (Å²) in [6.07, 6.45) is 1.92. The summed E-state index contributed by atoms with van der Waals surface area (Å²) in [5.74, 6) is 0.0194. The van der Waals surface area contributed by atoms with E-state index in [2.05, 4.69) is 25.1 Å². The summed E-state index contributed by atoms with van der Waals surface area (Å²) >= 11 is 1.50. The minimum atomic E-state index is -0.00903. The summed E-state index contributed by atoms with van der Waals surface area (Å²) < 4.78 is 0. The Kier molecular flexibility index (Phi) is 6.99. The first-order valence-electron chi connectivity index (χ1n) is 11.3. The molecule has 1 heterocycles. The fraction of sp³-hybridized carbons (Fsp3) is 0.214. The van der Waals surface area contributed by atoms with Gasteiger partial charge in [0.2, 0.25) is 0 Å². The van der Waals surface area contributed by atoms with Crippen molar-refractivity contribution in [2.45, 2.75) is 32.2 Å². The van der Waals surface area contributed by atoms with Crippen LogP contribution in [0.25, 0.3) is 6.08 Å². The van der Waals surface area contributed by atoms with Crippen LogP contribution in [0.15, 0.2) is 82.6 Å². The minimum absolute atomic E-state index is 0.00903. The summed E-state index contributed by atoms with van der Waals surface area (Å²) in [6, 6.07) is 23.7. The number of nitrogens with zero attached hydrogens (tertiary/aromatic N) is 2. The normalized spacial score (nSPS) is 14.3. The largest absolute Gasteiger partial charge is 0.339 e. The van der Waals surface area contributed by atoms with E-state index < -0.39 is 0 Å². The molecule has 0 saturated carbocycles. The SMILES string of the molecule is CCN(CC)C(=O)c1ccc(/C=C2/Sc3ccccc3N(Cc3ccccc3C)C2=O)cc1. The molecule has 0 atom stereocenters. The van der Waals surface area contributed by atoms with Gasteiger partial charge in [0.15, 0.2) is 0 Å². The van der Waals surface area contributed by atoms with Crippen molar-refractivity contribution in [2.24, 2.45) is 0 Å². The number of hydrogen-bond donors (Lipinski definition) is 0. The zero-order valence-corrected chi connectivity index (χ0v) is 20.1. The first kappa shape index (κ1) is 22.9. The molecule has 168 valence electrons. The molecule has 0 aliphatic carbocycles. The smallest absolute Gasteiger partial charge is 0.265 e. The number of fused-ring (bicyclic) bond motifs is 1. The van der Waals surface area contributed by atoms with Crippen molar-refractivity contribution in [3.63, 3.8) is 0 Å². The van der Waals surface area contributed by atoms with Crippen LogP contribution in [0.2, 0.25) is 0 Å². The van der Waals surface area contributed by atoms with Gasteiger partial charge in [-0.25, -0.2) is 0 Å². The number of thioether (sulfide) groups is 1. The molecule has 0 bridgehead atoms. The Morgan fingerprint density at radius 3 is 2.30 bits per heavy atom. The first-order chi connectivity index (χ1) is 16.0. The van der Waals surface area contributed by atoms with Gasteiger partial charge in [-0.1, -0.05) is 60.3 Å². The number of carbonyl (C=O) groups is 2. The zero-order valence-electron chi connectivity index (χ0n) is 19.2. The number of para-hydroxylation sites is 1. The van der Waals surface area contributed by atoms with Gasteiger partial charge in [0, 0.05) is 23.5 Å². The number of anilines is 1. The number of rotatable bonds is 6. The van der Waals surface area contributed by atoms with Crippen molar-refractivity contribution in [3.05, 3.63) is 100.0 Å². The first-order valence-corrected chi connectivity index (χ1v) is 12.1. The molecule has 0 unspecified atom stereocenters. The van der Waals surface area contributed by atoms with Crippen LogP contribution < -0.4 is 4.90 Å². The lowest BCUT2D eigenvalue weighted by molar-refractivity contribution is -0.114. The molecule has 4 nitrogen and oxygen atoms in total. The number of aryl methyl sites for hydroxylation is 1. The molecule has 1 aliphatic rings. The van der Waals surface area contributed by atoms with Crippen molar-refractivity contribution >= 4 is 35.3 Å². The molecule has 0 radical (unpaired) electrons. The van der Waals surface area contributed by atoms with Gasteiger partial charge in [-0.05, 0) is 67.8 Å². The van der Waals surface area contributed by atoms with Crippen molar-refractivity contribution in [1.29, 1.82) is 0 Å². The maximum atomic E-state index is 13.5. The second kappa shape index (κ2) is 10.1. The molecule has 1 aliphatic heterocycles. The lowest BCUT2D eigenvalue weighted by Gasteiger charge is -2.31. The third-order valence-corrected chi connectivity index (χ3v) is 7.01. The van der Waals surface area contributed by atoms with Crippen molar-refractivity contribution in [1.82, 2.24) is 4.90 Å². The highest BCUT2D eigenvalue weighted by atomic mass is 32.2. The summed E-state index contributed by atoms with van der Waals surface area (Å²) in [6.45, 7) is 7.92. The van der Waals surface area contributed by atoms with E-state index >= 15 is 0 Å². The summed E-state index contributed by atoms with van der Waals surface area (Å²) in [7, 11) is 0. The van der Waals surface area contributed by atoms with Gasteiger partial charge in [-0.15, -0.1) is 0 Å². The second-order valence-corrected chi connectivity index (χ2v) is 9.08. The molecular formula is C28H28N2O2S. The summed E-state index contributed by atoms with van der Waals surface area (Å²) in [5, 5.41) is 0. The molecule has 0 fully saturated rings. The van der Waals surface area contributed by atoms with E-state index in [0.29, 0.717) is 30.1 Å². The van der Waals surface area contributed by atoms with Crippen LogP contribution in [0.1, 0.15) is 40.9 Å². The average Bonchev–Trinajstić information content (AvgIpc) is 2.84. The molecule has 0 saturated heterocycles. The van der Waals surface area contributed by atoms with Crippen LogP contribution in [0, 0.1) is 6.92 Å². The average molecular weight is 457 g/mol. The third kappa shape index (κ3) is 4.88. The predicted molar refractivity (Wildman–Crippen MR) is 136 cm³/mol. The summed E-state index contributed by atoms with van der Waals surface area (Å²) in [4.78, 5) is 31.5. The third-order valence-electron chi connectivity index (χ3n) is 5.93. The molecule has 0 spiro atoms. The number of carbonyl (C=O) groups excluding carboxylic acids is 2. The molecule has 3 aromatic rings. The Morgan fingerprint density at radius 2 is 1.61 bits per heavy atom. The quantitative estimate of drug-likeness (QED) is 0.417. The van der Waals surface area contributed by atoms with E-state index in [1.54, 1.807) is 4.90 Å². The molecule has 0 aromatic heterocycles. The lowest BCUT2D eigenvalue weighted by Crippen LogP contribution is -2.33. The van der Waals surface area contributed by atoms with E-state index in [9.17, 15) is 9.59 Å². The minimum Gasteiger partial charge on any atom is -0.339 e.